The smallest absolute Gasteiger partial charge is 0.221 e. The molecule has 0 heterocycles. The zero-order valence-corrected chi connectivity index (χ0v) is 32.5. The van der Waals surface area contributed by atoms with Crippen LogP contribution in [0.15, 0.2) is 11.6 Å². The van der Waals surface area contributed by atoms with Gasteiger partial charge in [-0.1, -0.05) is 214 Å². The molecule has 278 valence electrons. The van der Waals surface area contributed by atoms with Gasteiger partial charge in [-0.2, -0.15) is 0 Å². The average Bonchev–Trinajstić information content (AvgIpc) is 3.06. The van der Waals surface area contributed by atoms with E-state index in [1.165, 1.54) is 167 Å². The standard InChI is InChI=1S/C43H84N2O2/c1-5-9-11-13-15-17-19-21-23-25-27-29-31-33-35-38-41(46)44-43(40(8-4)37-7-3)45-42(47)39-36-34-32-30-28-26-24-22-20-18-16-14-12-10-6-2/h37,43H,5-36,38-39H2,1-4H3,(H,44,46)(H,45,47). The average molecular weight is 661 g/mol. The fourth-order valence-corrected chi connectivity index (χ4v) is 6.73. The van der Waals surface area contributed by atoms with E-state index in [9.17, 15) is 9.59 Å². The number of carbonyl (C=O) groups is 2. The van der Waals surface area contributed by atoms with Crippen molar-refractivity contribution in [2.24, 2.45) is 0 Å². The highest BCUT2D eigenvalue weighted by atomic mass is 16.2. The van der Waals surface area contributed by atoms with Crippen molar-refractivity contribution in [1.29, 1.82) is 0 Å². The Morgan fingerprint density at radius 3 is 0.894 bits per heavy atom. The molecular weight excluding hydrogens is 576 g/mol. The third kappa shape index (κ3) is 33.0. The summed E-state index contributed by atoms with van der Waals surface area (Å²) >= 11 is 0. The maximum absolute atomic E-state index is 12.8. The molecule has 0 aromatic heterocycles. The molecule has 2 amide bonds. The fourth-order valence-electron chi connectivity index (χ4n) is 6.73. The molecule has 0 aliphatic carbocycles. The number of carbonyl (C=O) groups excluding carboxylic acids is 2. The summed E-state index contributed by atoms with van der Waals surface area (Å²) in [6, 6.07) is 0. The molecule has 4 nitrogen and oxygen atoms in total. The molecule has 2 N–H and O–H groups in total. The molecular formula is C43H84N2O2. The summed E-state index contributed by atoms with van der Waals surface area (Å²) < 4.78 is 0. The lowest BCUT2D eigenvalue weighted by atomic mass is 10.0. The molecule has 0 aromatic rings. The second-order valence-corrected chi connectivity index (χ2v) is 14.5. The van der Waals surface area contributed by atoms with Crippen molar-refractivity contribution in [2.75, 3.05) is 0 Å². The number of nitrogens with one attached hydrogen (secondary N) is 2. The van der Waals surface area contributed by atoms with Crippen LogP contribution in [0.25, 0.3) is 0 Å². The maximum atomic E-state index is 12.8. The van der Waals surface area contributed by atoms with Gasteiger partial charge in [0.05, 0.1) is 0 Å². The van der Waals surface area contributed by atoms with Gasteiger partial charge in [0.1, 0.15) is 6.17 Å². The fraction of sp³-hybridized carbons (Fsp3) is 0.907. The molecule has 0 aliphatic rings. The SMILES string of the molecule is CCC=C(CC)C(NC(=O)CCCCCCCCCCCCCCCCC)NC(=O)CCCCCCCCCCCCCCCCC. The Kier molecular flexibility index (Phi) is 36.4. The largest absolute Gasteiger partial charge is 0.332 e. The Morgan fingerprint density at radius 2 is 0.660 bits per heavy atom. The van der Waals surface area contributed by atoms with Crippen LogP contribution in [-0.4, -0.2) is 18.0 Å². The molecule has 0 fully saturated rings. The second kappa shape index (κ2) is 37.5. The van der Waals surface area contributed by atoms with Crippen molar-refractivity contribution in [3.8, 4) is 0 Å². The van der Waals surface area contributed by atoms with E-state index in [0.29, 0.717) is 12.8 Å². The lowest BCUT2D eigenvalue weighted by Gasteiger charge is -2.23. The Labute approximate surface area is 295 Å². The van der Waals surface area contributed by atoms with Crippen molar-refractivity contribution in [1.82, 2.24) is 10.6 Å². The lowest BCUT2D eigenvalue weighted by molar-refractivity contribution is -0.124. The molecule has 0 saturated carbocycles. The van der Waals surface area contributed by atoms with Gasteiger partial charge in [0.15, 0.2) is 0 Å². The lowest BCUT2D eigenvalue weighted by Crippen LogP contribution is -2.49. The summed E-state index contributed by atoms with van der Waals surface area (Å²) in [6.07, 6.45) is 44.4. The van der Waals surface area contributed by atoms with E-state index in [1.807, 2.05) is 0 Å². The van der Waals surface area contributed by atoms with Gasteiger partial charge in [-0.3, -0.25) is 9.59 Å². The molecule has 0 saturated heterocycles. The normalized spacial score (nSPS) is 11.8. The second-order valence-electron chi connectivity index (χ2n) is 14.5. The van der Waals surface area contributed by atoms with Crippen LogP contribution in [0.2, 0.25) is 0 Å². The van der Waals surface area contributed by atoms with Crippen molar-refractivity contribution in [3.05, 3.63) is 11.6 Å². The van der Waals surface area contributed by atoms with Crippen molar-refractivity contribution < 1.29 is 9.59 Å². The molecule has 0 bridgehead atoms. The maximum Gasteiger partial charge on any atom is 0.221 e. The van der Waals surface area contributed by atoms with Crippen LogP contribution in [0.3, 0.4) is 0 Å². The highest BCUT2D eigenvalue weighted by Crippen LogP contribution is 2.16. The zero-order valence-electron chi connectivity index (χ0n) is 32.5. The van der Waals surface area contributed by atoms with Crippen molar-refractivity contribution in [3.63, 3.8) is 0 Å². The summed E-state index contributed by atoms with van der Waals surface area (Å²) in [5.74, 6) is 0.125. The molecule has 47 heavy (non-hydrogen) atoms. The summed E-state index contributed by atoms with van der Waals surface area (Å²) in [7, 11) is 0. The highest BCUT2D eigenvalue weighted by molar-refractivity contribution is 5.79. The summed E-state index contributed by atoms with van der Waals surface area (Å²) in [5, 5.41) is 6.30. The molecule has 4 heteroatoms. The monoisotopic (exact) mass is 661 g/mol. The summed E-state index contributed by atoms with van der Waals surface area (Å²) in [4.78, 5) is 25.6. The van der Waals surface area contributed by atoms with Gasteiger partial charge >= 0.3 is 0 Å². The highest BCUT2D eigenvalue weighted by Gasteiger charge is 2.18. The van der Waals surface area contributed by atoms with Crippen LogP contribution in [0, 0.1) is 0 Å². The number of hydrogen-bond acceptors (Lipinski definition) is 2. The predicted octanol–water partition coefficient (Wildman–Crippen LogP) is 13.8. The first-order valence-corrected chi connectivity index (χ1v) is 21.4. The van der Waals surface area contributed by atoms with Gasteiger partial charge in [0, 0.05) is 12.8 Å². The first-order chi connectivity index (χ1) is 23.1. The number of amides is 2. The van der Waals surface area contributed by atoms with E-state index in [2.05, 4.69) is 44.4 Å². The Morgan fingerprint density at radius 1 is 0.404 bits per heavy atom. The van der Waals surface area contributed by atoms with Crippen LogP contribution < -0.4 is 10.6 Å². The predicted molar refractivity (Wildman–Crippen MR) is 208 cm³/mol. The number of hydrogen-bond donors (Lipinski definition) is 2. The molecule has 0 atom stereocenters. The number of rotatable bonds is 37. The minimum Gasteiger partial charge on any atom is -0.332 e. The third-order valence-electron chi connectivity index (χ3n) is 9.87. The minimum absolute atomic E-state index is 0.0624. The van der Waals surface area contributed by atoms with Crippen LogP contribution in [0.1, 0.15) is 246 Å². The number of allylic oxidation sites excluding steroid dienone is 1. The van der Waals surface area contributed by atoms with Crippen LogP contribution in [-0.2, 0) is 9.59 Å². The van der Waals surface area contributed by atoms with Crippen LogP contribution in [0.5, 0.6) is 0 Å². The van der Waals surface area contributed by atoms with E-state index in [0.717, 1.165) is 44.1 Å². The summed E-state index contributed by atoms with van der Waals surface area (Å²) in [5.41, 5.74) is 1.11. The van der Waals surface area contributed by atoms with Gasteiger partial charge in [-0.15, -0.1) is 0 Å². The van der Waals surface area contributed by atoms with Crippen molar-refractivity contribution in [2.45, 2.75) is 252 Å². The Bertz CT molecular complexity index is 656. The molecule has 0 aliphatic heterocycles. The van der Waals surface area contributed by atoms with E-state index >= 15 is 0 Å². The summed E-state index contributed by atoms with van der Waals surface area (Å²) in [6.45, 7) is 8.79. The molecule has 0 spiro atoms. The minimum atomic E-state index is -0.368. The third-order valence-corrected chi connectivity index (χ3v) is 9.87. The Hall–Kier alpha value is -1.32. The zero-order chi connectivity index (χ0) is 34.5. The van der Waals surface area contributed by atoms with Gasteiger partial charge in [-0.05, 0) is 31.3 Å². The molecule has 0 rings (SSSR count). The van der Waals surface area contributed by atoms with E-state index in [1.54, 1.807) is 0 Å². The first kappa shape index (κ1) is 45.7. The molecule has 0 aromatic carbocycles. The topological polar surface area (TPSA) is 58.2 Å². The van der Waals surface area contributed by atoms with Crippen LogP contribution in [0.4, 0.5) is 0 Å². The quantitative estimate of drug-likeness (QED) is 0.0396. The number of unbranched alkanes of at least 4 members (excludes halogenated alkanes) is 28. The van der Waals surface area contributed by atoms with Gasteiger partial charge < -0.3 is 10.6 Å². The van der Waals surface area contributed by atoms with Gasteiger partial charge in [0.2, 0.25) is 11.8 Å². The first-order valence-electron chi connectivity index (χ1n) is 21.4. The Balaban J connectivity index is 3.96. The van der Waals surface area contributed by atoms with E-state index in [4.69, 9.17) is 0 Å². The van der Waals surface area contributed by atoms with Crippen molar-refractivity contribution >= 4 is 11.8 Å². The van der Waals surface area contributed by atoms with E-state index < -0.39 is 0 Å². The van der Waals surface area contributed by atoms with Crippen LogP contribution >= 0.6 is 0 Å². The molecule has 0 radical (unpaired) electrons. The van der Waals surface area contributed by atoms with Gasteiger partial charge in [0.25, 0.3) is 0 Å². The van der Waals surface area contributed by atoms with E-state index in [-0.39, 0.29) is 18.0 Å². The van der Waals surface area contributed by atoms with Gasteiger partial charge in [-0.25, -0.2) is 0 Å². The molecule has 0 unspecified atom stereocenters.